The molecular formula is C97H94N20. The number of aryl methyl sites for hydroxylation is 9. The molecule has 0 N–H and O–H groups in total. The predicted molar refractivity (Wildman–Crippen MR) is 479 cm³/mol. The number of hydrogen-bond donors (Lipinski definition) is 0. The van der Waals surface area contributed by atoms with Crippen LogP contribution in [-0.4, -0.2) is 66.1 Å². The fourth-order valence-electron chi connectivity index (χ4n) is 16.6. The second-order valence-corrected chi connectivity index (χ2v) is 30.6. The van der Waals surface area contributed by atoms with Crippen molar-refractivity contribution >= 4 is 125 Å². The van der Waals surface area contributed by atoms with E-state index in [9.17, 15) is 15.8 Å². The molecule has 0 saturated carbocycles. The molecule has 117 heavy (non-hydrogen) atoms. The lowest BCUT2D eigenvalue weighted by molar-refractivity contribution is 0.730. The fraction of sp³-hybridized carbons (Fsp3) is 0.278. The zero-order valence-corrected chi connectivity index (χ0v) is 70.6. The zero-order chi connectivity index (χ0) is 85.4. The zero-order valence-electron chi connectivity index (χ0n) is 70.6. The molecule has 10 aromatic carbocycles. The lowest BCUT2D eigenvalue weighted by atomic mass is 9.97. The van der Waals surface area contributed by atoms with Crippen molar-refractivity contribution in [1.82, 2.24) is 0 Å². The van der Waals surface area contributed by atoms with Crippen LogP contribution in [0.5, 0.6) is 0 Å². The highest BCUT2D eigenvalue weighted by atomic mass is 15.4. The summed E-state index contributed by atoms with van der Waals surface area (Å²) in [6.45, 7) is 87.4. The van der Waals surface area contributed by atoms with Crippen molar-refractivity contribution in [3.63, 3.8) is 0 Å². The summed E-state index contributed by atoms with van der Waals surface area (Å²) < 4.78 is 0. The molecule has 0 amide bonds. The van der Waals surface area contributed by atoms with Crippen molar-refractivity contribution in [2.24, 2.45) is 0 Å². The van der Waals surface area contributed by atoms with E-state index < -0.39 is 0 Å². The normalized spacial score (nSPS) is 15.9. The van der Waals surface area contributed by atoms with E-state index in [1.165, 1.54) is 78.1 Å². The maximum Gasteiger partial charge on any atom is 0.196 e. The van der Waals surface area contributed by atoms with Gasteiger partial charge in [0, 0.05) is 75.1 Å². The third-order valence-electron chi connectivity index (χ3n) is 23.7. The van der Waals surface area contributed by atoms with Crippen LogP contribution in [0.3, 0.4) is 0 Å². The molecule has 0 bridgehead atoms. The Labute approximate surface area is 690 Å². The molecule has 5 aliphatic heterocycles. The van der Waals surface area contributed by atoms with E-state index >= 15 is 0 Å². The van der Waals surface area contributed by atoms with Crippen LogP contribution in [0.15, 0.2) is 140 Å². The summed E-state index contributed by atoms with van der Waals surface area (Å²) in [4.78, 5) is 46.6. The third kappa shape index (κ3) is 14.8. The van der Waals surface area contributed by atoms with Gasteiger partial charge >= 0.3 is 0 Å². The molecule has 20 heteroatoms. The topological polar surface area (TPSA) is 134 Å². The van der Waals surface area contributed by atoms with E-state index in [4.69, 9.17) is 46.0 Å². The molecule has 582 valence electrons. The van der Waals surface area contributed by atoms with Crippen molar-refractivity contribution < 1.29 is 0 Å². The van der Waals surface area contributed by atoms with Crippen LogP contribution < -0.4 is 49.0 Å². The molecule has 5 aliphatic rings. The Morgan fingerprint density at radius 1 is 0.256 bits per heavy atom. The summed E-state index contributed by atoms with van der Waals surface area (Å²) in [6.07, 6.45) is 0.495. The van der Waals surface area contributed by atoms with Crippen molar-refractivity contribution in [3.05, 3.63) is 303 Å². The summed E-state index contributed by atoms with van der Waals surface area (Å²) in [5.41, 5.74) is 34.8. The van der Waals surface area contributed by atoms with E-state index in [1.54, 1.807) is 18.2 Å². The van der Waals surface area contributed by atoms with Gasteiger partial charge in [0.05, 0.1) is 108 Å². The molecule has 10 aromatic rings. The van der Waals surface area contributed by atoms with Gasteiger partial charge < -0.3 is 49.0 Å². The van der Waals surface area contributed by atoms with Gasteiger partial charge in [-0.3, -0.25) is 19.4 Å². The minimum absolute atomic E-state index is 0.0820. The van der Waals surface area contributed by atoms with Crippen LogP contribution >= 0.6 is 0 Å². The highest BCUT2D eigenvalue weighted by Crippen LogP contribution is 2.55. The summed E-state index contributed by atoms with van der Waals surface area (Å²) in [5, 5.41) is 28.4. The molecule has 5 atom stereocenters. The van der Waals surface area contributed by atoms with Gasteiger partial charge in [-0.2, -0.15) is 15.8 Å². The van der Waals surface area contributed by atoms with Gasteiger partial charge in [0.2, 0.25) is 0 Å². The summed E-state index contributed by atoms with van der Waals surface area (Å²) >= 11 is 0. The minimum atomic E-state index is 0.0820. The molecule has 0 aliphatic carbocycles. The first kappa shape index (κ1) is 83.0. The van der Waals surface area contributed by atoms with Crippen LogP contribution in [0.25, 0.3) is 33.9 Å². The molecule has 5 heterocycles. The highest BCUT2D eigenvalue weighted by molar-refractivity contribution is 5.97. The van der Waals surface area contributed by atoms with Crippen LogP contribution in [0.1, 0.15) is 118 Å². The summed E-state index contributed by atoms with van der Waals surface area (Å²) in [7, 11) is 10.0. The fourth-order valence-corrected chi connectivity index (χ4v) is 16.6. The monoisotopic (exact) mass is 1540 g/mol. The maximum absolute atomic E-state index is 9.48. The first-order valence-electron chi connectivity index (χ1n) is 38.4. The van der Waals surface area contributed by atoms with Crippen LogP contribution in [0.2, 0.25) is 0 Å². The van der Waals surface area contributed by atoms with E-state index in [1.807, 2.05) is 89.8 Å². The molecule has 0 aromatic heterocycles. The molecule has 0 saturated heterocycles. The van der Waals surface area contributed by atoms with Crippen molar-refractivity contribution in [1.29, 1.82) is 15.8 Å². The van der Waals surface area contributed by atoms with E-state index in [2.05, 4.69) is 286 Å². The lowest BCUT2D eigenvalue weighted by Gasteiger charge is -2.31. The summed E-state index contributed by atoms with van der Waals surface area (Å²) in [5.74, 6) is 0. The largest absolute Gasteiger partial charge is 0.354 e. The molecule has 0 unspecified atom stereocenters. The van der Waals surface area contributed by atoms with E-state index in [-0.39, 0.29) is 30.8 Å². The Hall–Kier alpha value is -14.9. The number of hydrogen-bond acceptors (Lipinski definition) is 13. The molecule has 0 fully saturated rings. The van der Waals surface area contributed by atoms with Gasteiger partial charge in [0.15, 0.2) is 39.8 Å². The number of anilines is 15. The average Bonchev–Trinajstić information content (AvgIpc) is 1.62. The van der Waals surface area contributed by atoms with Crippen molar-refractivity contribution in [3.8, 4) is 18.2 Å². The number of nitrogens with zero attached hydrogens (tertiary/aromatic N) is 20. The number of para-hydroxylation sites is 1. The second-order valence-electron chi connectivity index (χ2n) is 30.6. The number of nitriles is 3. The van der Waals surface area contributed by atoms with Gasteiger partial charge in [0.1, 0.15) is 49.0 Å². The van der Waals surface area contributed by atoms with Crippen LogP contribution in [0, 0.1) is 163 Å². The van der Waals surface area contributed by atoms with Crippen LogP contribution in [-0.2, 0) is 0 Å². The Bertz CT molecular complexity index is 6170. The molecule has 15 rings (SSSR count). The maximum atomic E-state index is 9.48. The molecular weight excluding hydrogens is 1450 g/mol. The van der Waals surface area contributed by atoms with Gasteiger partial charge in [-0.25, -0.2) is 14.5 Å². The SMILES string of the molecule is [C-]#[N+]c1cc(C#N)c2c(c1)N(c1cc(C)ccc1C)[C@@H](C)N2C.[C-]#[N+]c1cc(C#N)c2c(c1)N(c1ccc(C)cc1C)[C@@H](C)N2C.[C-]#[N+]c1cc(C#N)c2c(c1)N(c1ccccc1C)[C@@H](C)N2C.[C-]#[N+]c1cc2c(cc1[N+]#[C-])N(c1c(C)cc(C)c(C)c1C)[C@@H](C)N2C.[C-]#[N+]c1cc2c(cc1[N+]#[C-])N(c1c(C)ccc(C)c1C)[C@@H](C)N2C. The lowest BCUT2D eigenvalue weighted by Crippen LogP contribution is -2.36. The Morgan fingerprint density at radius 2 is 0.598 bits per heavy atom. The van der Waals surface area contributed by atoms with Gasteiger partial charge in [-0.05, 0) is 258 Å². The van der Waals surface area contributed by atoms with Crippen LogP contribution in [0.4, 0.5) is 125 Å². The molecule has 20 nitrogen and oxygen atoms in total. The highest BCUT2D eigenvalue weighted by Gasteiger charge is 2.40. The summed E-state index contributed by atoms with van der Waals surface area (Å²) in [6, 6.07) is 52.2. The third-order valence-corrected chi connectivity index (χ3v) is 23.7. The Morgan fingerprint density at radius 3 is 0.991 bits per heavy atom. The van der Waals surface area contributed by atoms with Gasteiger partial charge in [0.25, 0.3) is 0 Å². The predicted octanol–water partition coefficient (Wildman–Crippen LogP) is 25.3. The second kappa shape index (κ2) is 33.4. The average molecular weight is 1540 g/mol. The number of benzene rings is 10. The number of fused-ring (bicyclic) bond motifs is 5. The van der Waals surface area contributed by atoms with E-state index in [0.717, 1.165) is 73.9 Å². The quantitative estimate of drug-likeness (QED) is 0.151. The first-order chi connectivity index (χ1) is 55.7. The van der Waals surface area contributed by atoms with E-state index in [0.29, 0.717) is 56.5 Å². The Balaban J connectivity index is 0.000000144. The standard InChI is InChI=1S/C21H22N4.C20H20N4.2C19H18N4.C18H16N4/c1-12-9-13(2)21(15(4)14(12)3)25-16(5)24(8)19-10-17(22-6)18(23-7)11-20(19)25;1-12-8-9-13(2)20(14(12)3)24-15(4)23(7)18-10-16(21-5)17(22-6)11-19(18)24;1-12-6-7-17(13(2)8-12)23-14(3)22(5)19-15(11-20)9-16(21-4)10-18(19)23;1-12-6-7-13(2)17(8-12)23-14(3)22(5)19-15(11-20)9-16(21-4)10-18(19)23;1-12-7-5-6-8-16(12)22-13(2)21(4)18-14(11-19)9-15(20-3)10-17(18)22/h9-11,16H,1-5,8H3;8-11,15H,1-4,7H3;2*6-10,14H,1-3,5H3;5-10,13H,1-2,4H3/t16-;15-;2*14-;13-/m00000/s1. The number of rotatable bonds is 5. The minimum Gasteiger partial charge on any atom is -0.354 e. The van der Waals surface area contributed by atoms with Crippen molar-refractivity contribution in [2.75, 3.05) is 84.2 Å². The smallest absolute Gasteiger partial charge is 0.196 e. The first-order valence-corrected chi connectivity index (χ1v) is 38.4. The van der Waals surface area contributed by atoms with Gasteiger partial charge in [-0.15, -0.1) is 0 Å². The molecule has 0 spiro atoms. The van der Waals surface area contributed by atoms with Crippen molar-refractivity contribution in [2.45, 2.75) is 149 Å². The Kier molecular flexibility index (Phi) is 23.7. The van der Waals surface area contributed by atoms with Gasteiger partial charge in [-0.1, -0.05) is 66.2 Å². The molecule has 0 radical (unpaired) electrons.